The number of hydrogen-bond acceptors (Lipinski definition) is 6. The molecule has 0 spiro atoms. The number of carbonyl (C=O) groups excluding carboxylic acids is 1. The van der Waals surface area contributed by atoms with Crippen LogP contribution < -0.4 is 0 Å². The molecule has 2 aromatic carbocycles. The van der Waals surface area contributed by atoms with Gasteiger partial charge in [-0.2, -0.15) is 0 Å². The Kier molecular flexibility index (Phi) is 21.7. The first-order valence-electron chi connectivity index (χ1n) is 18.3. The van der Waals surface area contributed by atoms with Gasteiger partial charge in [-0.05, 0) is 93.2 Å². The van der Waals surface area contributed by atoms with Crippen molar-refractivity contribution in [2.75, 3.05) is 53.6 Å². The van der Waals surface area contributed by atoms with Crippen molar-refractivity contribution in [2.24, 2.45) is 5.41 Å². The van der Waals surface area contributed by atoms with Crippen LogP contribution in [-0.2, 0) is 32.0 Å². The summed E-state index contributed by atoms with van der Waals surface area (Å²) < 4.78 is 31.1. The number of likely N-dealkylation sites (tertiary alicyclic amines) is 1. The number of nitrogens with zero attached hydrogens (tertiary/aromatic N) is 2. The zero-order valence-corrected chi connectivity index (χ0v) is 31.7. The molecule has 0 amide bonds. The average Bonchev–Trinajstić information content (AvgIpc) is 3.32. The van der Waals surface area contributed by atoms with Crippen molar-refractivity contribution in [1.29, 1.82) is 0 Å². The van der Waals surface area contributed by atoms with Crippen molar-refractivity contribution >= 4 is 6.47 Å². The van der Waals surface area contributed by atoms with Gasteiger partial charge < -0.3 is 19.1 Å². The molecular formula is C41H65FN2O4. The molecule has 1 aliphatic heterocycles. The molecule has 1 aliphatic carbocycles. The number of halogens is 1. The van der Waals surface area contributed by atoms with E-state index in [4.69, 9.17) is 14.2 Å². The Bertz CT molecular complexity index is 1200. The van der Waals surface area contributed by atoms with Gasteiger partial charge >= 0.3 is 0 Å². The van der Waals surface area contributed by atoms with E-state index in [9.17, 15) is 9.18 Å². The van der Waals surface area contributed by atoms with Crippen LogP contribution >= 0.6 is 0 Å². The van der Waals surface area contributed by atoms with Crippen molar-refractivity contribution in [3.8, 4) is 0 Å². The third-order valence-electron chi connectivity index (χ3n) is 8.66. The van der Waals surface area contributed by atoms with E-state index >= 15 is 0 Å². The maximum absolute atomic E-state index is 13.6. The highest BCUT2D eigenvalue weighted by atomic mass is 19.1. The zero-order chi connectivity index (χ0) is 36.0. The summed E-state index contributed by atoms with van der Waals surface area (Å²) in [6.07, 6.45) is 8.15. The van der Waals surface area contributed by atoms with Crippen LogP contribution in [0.15, 0.2) is 72.0 Å². The number of benzene rings is 2. The molecule has 3 unspecified atom stereocenters. The highest BCUT2D eigenvalue weighted by molar-refractivity contribution is 5.40. The molecule has 1 saturated heterocycles. The first kappa shape index (κ1) is 43.0. The maximum Gasteiger partial charge on any atom is 0.293 e. The Morgan fingerprint density at radius 1 is 0.938 bits per heavy atom. The Morgan fingerprint density at radius 2 is 1.58 bits per heavy atom. The molecule has 6 nitrogen and oxygen atoms in total. The van der Waals surface area contributed by atoms with Crippen molar-refractivity contribution in [2.45, 2.75) is 99.6 Å². The van der Waals surface area contributed by atoms with E-state index < -0.39 is 0 Å². The fourth-order valence-electron chi connectivity index (χ4n) is 6.54. The highest BCUT2D eigenvalue weighted by Crippen LogP contribution is 2.37. The minimum Gasteiger partial charge on any atom is -0.500 e. The lowest BCUT2D eigenvalue weighted by molar-refractivity contribution is -0.133. The molecule has 4 rings (SSSR count). The number of methoxy groups -OCH3 is 1. The standard InChI is InChI=1S/C35H47FN2O4.3C2H6/c1-5-27-8-10-28(11-9-27)22-37(3)24-35(25-41-26-39)16-7-18-38(19-17-35)23-29-20-32(40-4)34(33(21-29)42-6-2)30-12-14-31(36)15-13-30;3*1-2/h8-15,20-21,26,33-34H,5-7,16-19,22-25H2,1-4H3;3*1-2H3. The summed E-state index contributed by atoms with van der Waals surface area (Å²) >= 11 is 0. The Hall–Kier alpha value is -3.00. The average molecular weight is 669 g/mol. The number of hydrogen-bond donors (Lipinski definition) is 0. The molecule has 2 aromatic rings. The minimum absolute atomic E-state index is 0.0935. The van der Waals surface area contributed by atoms with Gasteiger partial charge in [-0.3, -0.25) is 9.69 Å². The molecule has 0 N–H and O–H groups in total. The van der Waals surface area contributed by atoms with Crippen LogP contribution in [0.25, 0.3) is 0 Å². The van der Waals surface area contributed by atoms with Gasteiger partial charge in [0.1, 0.15) is 11.6 Å². The third kappa shape index (κ3) is 13.5. The molecule has 48 heavy (non-hydrogen) atoms. The van der Waals surface area contributed by atoms with Crippen molar-refractivity contribution in [1.82, 2.24) is 9.80 Å². The van der Waals surface area contributed by atoms with Crippen molar-refractivity contribution < 1.29 is 23.4 Å². The number of carbonyl (C=O) groups is 1. The zero-order valence-electron chi connectivity index (χ0n) is 31.7. The smallest absolute Gasteiger partial charge is 0.293 e. The van der Waals surface area contributed by atoms with E-state index in [0.29, 0.717) is 19.7 Å². The quantitative estimate of drug-likeness (QED) is 0.187. The SMILES string of the molecule is CC.CC.CC.CCOC1C=C(CN2CCCC(COC=O)(CN(C)Cc3ccc(CC)cc3)CC2)C=C(OC)C1c1ccc(F)cc1. The summed E-state index contributed by atoms with van der Waals surface area (Å²) in [4.78, 5) is 16.1. The van der Waals surface area contributed by atoms with Crippen LogP contribution in [0, 0.1) is 11.2 Å². The molecule has 0 radical (unpaired) electrons. The van der Waals surface area contributed by atoms with E-state index in [1.807, 2.05) is 60.6 Å². The number of ether oxygens (including phenoxy) is 3. The predicted octanol–water partition coefficient (Wildman–Crippen LogP) is 9.20. The van der Waals surface area contributed by atoms with E-state index in [2.05, 4.69) is 60.2 Å². The van der Waals surface area contributed by atoms with Crippen LogP contribution in [0.1, 0.15) is 97.3 Å². The molecule has 1 heterocycles. The van der Waals surface area contributed by atoms with Crippen LogP contribution in [-0.4, -0.2) is 75.9 Å². The largest absolute Gasteiger partial charge is 0.500 e. The highest BCUT2D eigenvalue weighted by Gasteiger charge is 2.36. The van der Waals surface area contributed by atoms with Gasteiger partial charge in [0.25, 0.3) is 6.47 Å². The first-order chi connectivity index (χ1) is 23.4. The van der Waals surface area contributed by atoms with Crippen LogP contribution in [0.5, 0.6) is 0 Å². The molecular weight excluding hydrogens is 603 g/mol. The van der Waals surface area contributed by atoms with E-state index in [-0.39, 0.29) is 23.3 Å². The molecule has 0 saturated carbocycles. The molecule has 7 heteroatoms. The lowest BCUT2D eigenvalue weighted by atomic mass is 9.80. The van der Waals surface area contributed by atoms with Gasteiger partial charge in [-0.25, -0.2) is 4.39 Å². The van der Waals surface area contributed by atoms with Gasteiger partial charge in [-0.15, -0.1) is 0 Å². The number of aryl methyl sites for hydroxylation is 1. The Balaban J connectivity index is 0.00000182. The van der Waals surface area contributed by atoms with Gasteiger partial charge in [0, 0.05) is 31.7 Å². The molecule has 0 bridgehead atoms. The topological polar surface area (TPSA) is 51.2 Å². The summed E-state index contributed by atoms with van der Waals surface area (Å²) in [5, 5.41) is 0. The third-order valence-corrected chi connectivity index (χ3v) is 8.66. The van der Waals surface area contributed by atoms with Gasteiger partial charge in [0.05, 0.1) is 25.7 Å². The van der Waals surface area contributed by atoms with Gasteiger partial charge in [-0.1, -0.05) is 90.9 Å². The monoisotopic (exact) mass is 668 g/mol. The summed E-state index contributed by atoms with van der Waals surface area (Å²) in [6.45, 7) is 22.2. The molecule has 3 atom stereocenters. The van der Waals surface area contributed by atoms with Crippen molar-refractivity contribution in [3.63, 3.8) is 0 Å². The van der Waals surface area contributed by atoms with Crippen LogP contribution in [0.4, 0.5) is 4.39 Å². The number of rotatable bonds is 14. The second-order valence-corrected chi connectivity index (χ2v) is 11.8. The van der Waals surface area contributed by atoms with Crippen molar-refractivity contribution in [3.05, 3.63) is 94.5 Å². The molecule has 2 aliphatic rings. The molecule has 1 fully saturated rings. The van der Waals surface area contributed by atoms with Gasteiger partial charge in [0.15, 0.2) is 0 Å². The van der Waals surface area contributed by atoms with E-state index in [1.54, 1.807) is 7.11 Å². The lowest BCUT2D eigenvalue weighted by Crippen LogP contribution is -2.40. The normalized spacial score (nSPS) is 20.7. The summed E-state index contributed by atoms with van der Waals surface area (Å²) in [5.74, 6) is 0.453. The second kappa shape index (κ2) is 24.2. The fraction of sp³-hybridized carbons (Fsp3) is 0.585. The van der Waals surface area contributed by atoms with Crippen LogP contribution in [0.3, 0.4) is 0 Å². The fourth-order valence-corrected chi connectivity index (χ4v) is 6.54. The Labute approximate surface area is 292 Å². The lowest BCUT2D eigenvalue weighted by Gasteiger charge is -2.36. The minimum atomic E-state index is -0.255. The first-order valence-corrected chi connectivity index (χ1v) is 18.3. The van der Waals surface area contributed by atoms with Gasteiger partial charge in [0.2, 0.25) is 0 Å². The second-order valence-electron chi connectivity index (χ2n) is 11.8. The molecule has 0 aromatic heterocycles. The van der Waals surface area contributed by atoms with Crippen LogP contribution in [0.2, 0.25) is 0 Å². The Morgan fingerprint density at radius 3 is 2.17 bits per heavy atom. The predicted molar refractivity (Wildman–Crippen MR) is 199 cm³/mol. The van der Waals surface area contributed by atoms with E-state index in [0.717, 1.165) is 75.3 Å². The summed E-state index contributed by atoms with van der Waals surface area (Å²) in [7, 11) is 3.85. The maximum atomic E-state index is 13.6. The summed E-state index contributed by atoms with van der Waals surface area (Å²) in [5.41, 5.74) is 4.68. The molecule has 270 valence electrons. The summed E-state index contributed by atoms with van der Waals surface area (Å²) in [6, 6.07) is 15.4. The van der Waals surface area contributed by atoms with E-state index in [1.165, 1.54) is 23.3 Å².